The van der Waals surface area contributed by atoms with Crippen LogP contribution < -0.4 is 10.5 Å². The number of rotatable bonds is 3. The van der Waals surface area contributed by atoms with Crippen LogP contribution in [-0.4, -0.2) is 18.6 Å². The summed E-state index contributed by atoms with van der Waals surface area (Å²) in [5.41, 5.74) is 6.88. The number of benzene rings is 1. The third-order valence-electron chi connectivity index (χ3n) is 2.31. The minimum atomic E-state index is -3.77. The number of anilines is 2. The Hall–Kier alpha value is -2.09. The van der Waals surface area contributed by atoms with Crippen LogP contribution in [0.25, 0.3) is 0 Å². The SMILES string of the molecule is Cc1nnc(NS(=O)(=O)c2ccc(C)c(N)c2)o1. The maximum atomic E-state index is 12.0. The molecular weight excluding hydrogens is 256 g/mol. The third kappa shape index (κ3) is 2.43. The van der Waals surface area contributed by atoms with Crippen LogP contribution in [-0.2, 0) is 10.0 Å². The lowest BCUT2D eigenvalue weighted by Gasteiger charge is -2.06. The van der Waals surface area contributed by atoms with E-state index in [2.05, 4.69) is 14.9 Å². The predicted molar refractivity (Wildman–Crippen MR) is 65.4 cm³/mol. The van der Waals surface area contributed by atoms with E-state index in [-0.39, 0.29) is 16.8 Å². The highest BCUT2D eigenvalue weighted by atomic mass is 32.2. The Balaban J connectivity index is 2.33. The molecule has 0 bridgehead atoms. The van der Waals surface area contributed by atoms with Crippen molar-refractivity contribution >= 4 is 21.7 Å². The van der Waals surface area contributed by atoms with Gasteiger partial charge in [-0.3, -0.25) is 0 Å². The van der Waals surface area contributed by atoms with Crippen molar-refractivity contribution in [2.45, 2.75) is 18.7 Å². The summed E-state index contributed by atoms with van der Waals surface area (Å²) in [5.74, 6) is 0.274. The molecule has 0 fully saturated rings. The summed E-state index contributed by atoms with van der Waals surface area (Å²) in [6, 6.07) is 4.29. The fourth-order valence-corrected chi connectivity index (χ4v) is 2.26. The molecule has 0 aliphatic rings. The molecule has 0 unspecified atom stereocenters. The summed E-state index contributed by atoms with van der Waals surface area (Å²) < 4.78 is 31.1. The first-order valence-corrected chi connectivity index (χ1v) is 6.56. The summed E-state index contributed by atoms with van der Waals surface area (Å²) >= 11 is 0. The quantitative estimate of drug-likeness (QED) is 0.805. The molecule has 7 nitrogen and oxygen atoms in total. The molecule has 8 heteroatoms. The van der Waals surface area contributed by atoms with Crippen LogP contribution in [0.2, 0.25) is 0 Å². The van der Waals surface area contributed by atoms with Gasteiger partial charge in [-0.05, 0) is 24.6 Å². The van der Waals surface area contributed by atoms with E-state index >= 15 is 0 Å². The minimum Gasteiger partial charge on any atom is -0.408 e. The fraction of sp³-hybridized carbons (Fsp3) is 0.200. The second-order valence-corrected chi connectivity index (χ2v) is 5.43. The molecule has 2 rings (SSSR count). The van der Waals surface area contributed by atoms with Gasteiger partial charge >= 0.3 is 6.01 Å². The highest BCUT2D eigenvalue weighted by Gasteiger charge is 2.17. The normalized spacial score (nSPS) is 11.4. The topological polar surface area (TPSA) is 111 Å². The van der Waals surface area contributed by atoms with Gasteiger partial charge in [-0.2, -0.15) is 0 Å². The van der Waals surface area contributed by atoms with Crippen LogP contribution in [0, 0.1) is 13.8 Å². The van der Waals surface area contributed by atoms with Gasteiger partial charge in [0.15, 0.2) is 0 Å². The van der Waals surface area contributed by atoms with Gasteiger partial charge in [-0.15, -0.1) is 5.10 Å². The summed E-state index contributed by atoms with van der Waals surface area (Å²) in [7, 11) is -3.77. The van der Waals surface area contributed by atoms with E-state index in [4.69, 9.17) is 10.2 Å². The average Bonchev–Trinajstić information content (AvgIpc) is 2.67. The van der Waals surface area contributed by atoms with Crippen LogP contribution in [0.15, 0.2) is 27.5 Å². The number of nitrogen functional groups attached to an aromatic ring is 1. The molecule has 0 amide bonds. The maximum Gasteiger partial charge on any atom is 0.329 e. The Bertz CT molecular complexity index is 678. The Morgan fingerprint density at radius 1 is 1.28 bits per heavy atom. The Morgan fingerprint density at radius 2 is 2.00 bits per heavy atom. The Labute approximate surface area is 104 Å². The third-order valence-corrected chi connectivity index (χ3v) is 3.63. The van der Waals surface area contributed by atoms with E-state index in [9.17, 15) is 8.42 Å². The van der Waals surface area contributed by atoms with Crippen LogP contribution >= 0.6 is 0 Å². The standard InChI is InChI=1S/C10H12N4O3S/c1-6-3-4-8(5-9(6)11)18(15,16)14-10-13-12-7(2)17-10/h3-5H,11H2,1-2H3,(H,13,14). The van der Waals surface area contributed by atoms with Crippen molar-refractivity contribution in [2.75, 3.05) is 10.5 Å². The van der Waals surface area contributed by atoms with Gasteiger partial charge in [0.25, 0.3) is 10.0 Å². The molecule has 2 aromatic rings. The van der Waals surface area contributed by atoms with Crippen LogP contribution in [0.3, 0.4) is 0 Å². The summed E-state index contributed by atoms with van der Waals surface area (Å²) in [5, 5.41) is 7.09. The van der Waals surface area contributed by atoms with Crippen LogP contribution in [0.1, 0.15) is 11.5 Å². The van der Waals surface area contributed by atoms with E-state index in [0.29, 0.717) is 5.69 Å². The molecule has 0 spiro atoms. The zero-order valence-corrected chi connectivity index (χ0v) is 10.7. The van der Waals surface area contributed by atoms with Crippen molar-refractivity contribution in [1.82, 2.24) is 10.2 Å². The first-order chi connectivity index (χ1) is 8.38. The summed E-state index contributed by atoms with van der Waals surface area (Å²) in [6.07, 6.45) is 0. The molecule has 18 heavy (non-hydrogen) atoms. The number of aryl methyl sites for hydroxylation is 2. The number of hydrogen-bond donors (Lipinski definition) is 2. The van der Waals surface area contributed by atoms with Gasteiger partial charge in [0.05, 0.1) is 4.90 Å². The van der Waals surface area contributed by atoms with Crippen molar-refractivity contribution in [2.24, 2.45) is 0 Å². The van der Waals surface area contributed by atoms with Gasteiger partial charge in [0, 0.05) is 12.6 Å². The number of hydrogen-bond acceptors (Lipinski definition) is 6. The van der Waals surface area contributed by atoms with Gasteiger partial charge < -0.3 is 10.2 Å². The number of nitrogens with two attached hydrogens (primary N) is 1. The Kier molecular flexibility index (Phi) is 2.95. The molecule has 1 aromatic heterocycles. The van der Waals surface area contributed by atoms with Crippen molar-refractivity contribution in [1.29, 1.82) is 0 Å². The molecule has 0 radical (unpaired) electrons. The second kappa shape index (κ2) is 4.30. The number of sulfonamides is 1. The zero-order chi connectivity index (χ0) is 13.3. The minimum absolute atomic E-state index is 0.0430. The Morgan fingerprint density at radius 3 is 2.56 bits per heavy atom. The van der Waals surface area contributed by atoms with E-state index in [0.717, 1.165) is 5.56 Å². The van der Waals surface area contributed by atoms with Gasteiger partial charge in [0.2, 0.25) is 5.89 Å². The zero-order valence-electron chi connectivity index (χ0n) is 9.84. The summed E-state index contributed by atoms with van der Waals surface area (Å²) in [4.78, 5) is 0.0430. The van der Waals surface area contributed by atoms with E-state index in [1.165, 1.54) is 12.1 Å². The fourth-order valence-electron chi connectivity index (χ4n) is 1.30. The molecule has 3 N–H and O–H groups in total. The highest BCUT2D eigenvalue weighted by Crippen LogP contribution is 2.19. The lowest BCUT2D eigenvalue weighted by molar-refractivity contribution is 0.534. The molecule has 0 saturated heterocycles. The van der Waals surface area contributed by atoms with Crippen LogP contribution in [0.4, 0.5) is 11.7 Å². The molecule has 1 aromatic carbocycles. The molecule has 0 aliphatic carbocycles. The molecular formula is C10H12N4O3S. The van der Waals surface area contributed by atoms with E-state index in [1.807, 2.05) is 0 Å². The lowest BCUT2D eigenvalue weighted by atomic mass is 10.2. The summed E-state index contributed by atoms with van der Waals surface area (Å²) in [6.45, 7) is 3.36. The van der Waals surface area contributed by atoms with Crippen molar-refractivity contribution < 1.29 is 12.8 Å². The van der Waals surface area contributed by atoms with Crippen LogP contribution in [0.5, 0.6) is 0 Å². The lowest BCUT2D eigenvalue weighted by Crippen LogP contribution is -2.13. The number of nitrogens with zero attached hydrogens (tertiary/aromatic N) is 2. The molecule has 0 saturated carbocycles. The molecule has 0 atom stereocenters. The van der Waals surface area contributed by atoms with E-state index in [1.54, 1.807) is 19.9 Å². The van der Waals surface area contributed by atoms with Gasteiger partial charge in [-0.25, -0.2) is 13.1 Å². The van der Waals surface area contributed by atoms with Crippen molar-refractivity contribution in [3.63, 3.8) is 0 Å². The maximum absolute atomic E-state index is 12.0. The predicted octanol–water partition coefficient (Wildman–Crippen LogP) is 1.07. The number of aromatic nitrogens is 2. The second-order valence-electron chi connectivity index (χ2n) is 3.75. The smallest absolute Gasteiger partial charge is 0.329 e. The highest BCUT2D eigenvalue weighted by molar-refractivity contribution is 7.92. The largest absolute Gasteiger partial charge is 0.408 e. The molecule has 1 heterocycles. The van der Waals surface area contributed by atoms with Gasteiger partial charge in [0.1, 0.15) is 0 Å². The molecule has 96 valence electrons. The first-order valence-electron chi connectivity index (χ1n) is 5.07. The van der Waals surface area contributed by atoms with Gasteiger partial charge in [-0.1, -0.05) is 11.2 Å². The molecule has 0 aliphatic heterocycles. The van der Waals surface area contributed by atoms with Crippen molar-refractivity contribution in [3.05, 3.63) is 29.7 Å². The van der Waals surface area contributed by atoms with Crippen molar-refractivity contribution in [3.8, 4) is 0 Å². The monoisotopic (exact) mass is 268 g/mol. The first kappa shape index (κ1) is 12.4. The number of nitrogens with one attached hydrogen (secondary N) is 1. The average molecular weight is 268 g/mol. The van der Waals surface area contributed by atoms with E-state index < -0.39 is 10.0 Å².